The topological polar surface area (TPSA) is 52.7 Å². The Hall–Kier alpha value is -2.68. The van der Waals surface area contributed by atoms with Crippen LogP contribution in [0.2, 0.25) is 0 Å². The molecule has 0 bridgehead atoms. The number of anilines is 1. The quantitative estimate of drug-likeness (QED) is 0.618. The van der Waals surface area contributed by atoms with Gasteiger partial charge in [0.25, 0.3) is 5.91 Å². The summed E-state index contributed by atoms with van der Waals surface area (Å²) in [6.07, 6.45) is -3.20. The van der Waals surface area contributed by atoms with Crippen molar-refractivity contribution in [2.24, 2.45) is 0 Å². The highest BCUT2D eigenvalue weighted by Gasteiger charge is 2.47. The summed E-state index contributed by atoms with van der Waals surface area (Å²) >= 11 is 1.69. The molecule has 2 heterocycles. The lowest BCUT2D eigenvalue weighted by molar-refractivity contribution is -0.137. The fraction of sp³-hybridized carbons (Fsp3) is 0.417. The Kier molecular flexibility index (Phi) is 6.35. The van der Waals surface area contributed by atoms with Crippen molar-refractivity contribution >= 4 is 29.4 Å². The number of piperidine rings is 1. The molecule has 3 amide bonds. The van der Waals surface area contributed by atoms with Gasteiger partial charge in [-0.2, -0.15) is 13.2 Å². The van der Waals surface area contributed by atoms with Crippen molar-refractivity contribution in [3.63, 3.8) is 0 Å². The van der Waals surface area contributed by atoms with Gasteiger partial charge >= 0.3 is 12.2 Å². The van der Waals surface area contributed by atoms with Gasteiger partial charge in [-0.3, -0.25) is 4.79 Å². The highest BCUT2D eigenvalue weighted by Crippen LogP contribution is 2.44. The zero-order chi connectivity index (χ0) is 23.8. The van der Waals surface area contributed by atoms with E-state index in [0.29, 0.717) is 32.5 Å². The molecule has 1 spiro atoms. The third-order valence-electron chi connectivity index (χ3n) is 6.56. The van der Waals surface area contributed by atoms with Crippen molar-refractivity contribution in [1.82, 2.24) is 9.80 Å². The van der Waals surface area contributed by atoms with Crippen LogP contribution in [0.15, 0.2) is 42.5 Å². The highest BCUT2D eigenvalue weighted by molar-refractivity contribution is 8.00. The van der Waals surface area contributed by atoms with Crippen LogP contribution in [0.3, 0.4) is 0 Å². The average molecular weight is 478 g/mol. The fourth-order valence-electron chi connectivity index (χ4n) is 4.41. The lowest BCUT2D eigenvalue weighted by atomic mass is 10.0. The van der Waals surface area contributed by atoms with E-state index >= 15 is 0 Å². The molecule has 2 aliphatic heterocycles. The van der Waals surface area contributed by atoms with Crippen molar-refractivity contribution in [2.45, 2.75) is 37.7 Å². The van der Waals surface area contributed by atoms with Gasteiger partial charge in [0.15, 0.2) is 0 Å². The molecule has 4 rings (SSSR count). The predicted octanol–water partition coefficient (Wildman–Crippen LogP) is 5.54. The molecule has 2 fully saturated rings. The van der Waals surface area contributed by atoms with Gasteiger partial charge in [-0.15, -0.1) is 11.8 Å². The smallest absolute Gasteiger partial charge is 0.324 e. The van der Waals surface area contributed by atoms with Crippen molar-refractivity contribution in [1.29, 1.82) is 0 Å². The molecule has 2 aromatic rings. The second-order valence-corrected chi connectivity index (χ2v) is 9.95. The molecule has 0 aromatic heterocycles. The minimum Gasteiger partial charge on any atom is -0.324 e. The van der Waals surface area contributed by atoms with E-state index in [1.54, 1.807) is 21.6 Å². The van der Waals surface area contributed by atoms with Gasteiger partial charge in [0.2, 0.25) is 0 Å². The first kappa shape index (κ1) is 23.5. The van der Waals surface area contributed by atoms with Crippen LogP contribution in [0.25, 0.3) is 0 Å². The molecule has 0 unspecified atom stereocenters. The summed E-state index contributed by atoms with van der Waals surface area (Å²) in [6.45, 7) is 5.51. The molecule has 1 N–H and O–H groups in total. The number of urea groups is 1. The van der Waals surface area contributed by atoms with Crippen LogP contribution in [0.4, 0.5) is 23.7 Å². The standard InChI is InChI=1S/C24H26F3N3O2S/c1-16-4-3-5-20(17(16)2)28-22(32)29-12-10-23(11-13-29)30(14-15-33-23)21(31)18-6-8-19(9-7-18)24(25,26)27/h3-9H,10-15H2,1-2H3,(H,28,32). The van der Waals surface area contributed by atoms with Crippen molar-refractivity contribution < 1.29 is 22.8 Å². The zero-order valence-corrected chi connectivity index (χ0v) is 19.4. The Morgan fingerprint density at radius 2 is 1.67 bits per heavy atom. The van der Waals surface area contributed by atoms with Crippen molar-refractivity contribution in [3.05, 3.63) is 64.7 Å². The summed E-state index contributed by atoms with van der Waals surface area (Å²) in [5.74, 6) is 0.503. The van der Waals surface area contributed by atoms with Gasteiger partial charge < -0.3 is 15.1 Å². The van der Waals surface area contributed by atoms with E-state index in [1.165, 1.54) is 12.1 Å². The van der Waals surface area contributed by atoms with Crippen LogP contribution >= 0.6 is 11.8 Å². The van der Waals surface area contributed by atoms with E-state index in [0.717, 1.165) is 34.7 Å². The number of likely N-dealkylation sites (tertiary alicyclic amines) is 1. The van der Waals surface area contributed by atoms with Gasteiger partial charge in [0.05, 0.1) is 10.4 Å². The largest absolute Gasteiger partial charge is 0.416 e. The maximum atomic E-state index is 13.1. The molecule has 5 nitrogen and oxygen atoms in total. The number of hydrogen-bond donors (Lipinski definition) is 1. The number of alkyl halides is 3. The number of hydrogen-bond acceptors (Lipinski definition) is 3. The number of benzene rings is 2. The molecule has 33 heavy (non-hydrogen) atoms. The fourth-order valence-corrected chi connectivity index (χ4v) is 5.86. The third kappa shape index (κ3) is 4.69. The summed E-state index contributed by atoms with van der Waals surface area (Å²) in [6, 6.07) is 10.00. The lowest BCUT2D eigenvalue weighted by Gasteiger charge is -2.44. The molecule has 0 radical (unpaired) electrons. The van der Waals surface area contributed by atoms with Crippen molar-refractivity contribution in [2.75, 3.05) is 30.7 Å². The SMILES string of the molecule is Cc1cccc(NC(=O)N2CCC3(CC2)SCCN3C(=O)c2ccc(C(F)(F)F)cc2)c1C. The summed E-state index contributed by atoms with van der Waals surface area (Å²) in [4.78, 5) is 29.1. The van der Waals surface area contributed by atoms with Crippen LogP contribution in [0.5, 0.6) is 0 Å². The number of aryl methyl sites for hydroxylation is 1. The van der Waals surface area contributed by atoms with Gasteiger partial charge in [-0.1, -0.05) is 12.1 Å². The molecule has 9 heteroatoms. The maximum Gasteiger partial charge on any atom is 0.416 e. The van der Waals surface area contributed by atoms with Crippen LogP contribution < -0.4 is 5.32 Å². The molecular weight excluding hydrogens is 451 g/mol. The predicted molar refractivity (Wildman–Crippen MR) is 123 cm³/mol. The minimum absolute atomic E-state index is 0.165. The minimum atomic E-state index is -4.43. The van der Waals surface area contributed by atoms with Crippen LogP contribution in [0.1, 0.15) is 39.9 Å². The van der Waals surface area contributed by atoms with Crippen LogP contribution in [0, 0.1) is 13.8 Å². The molecule has 2 aliphatic rings. The number of nitrogens with zero attached hydrogens (tertiary/aromatic N) is 2. The van der Waals surface area contributed by atoms with E-state index in [2.05, 4.69) is 5.32 Å². The molecule has 176 valence electrons. The van der Waals surface area contributed by atoms with Gasteiger partial charge in [-0.05, 0) is 68.1 Å². The van der Waals surface area contributed by atoms with Gasteiger partial charge in [0, 0.05) is 36.6 Å². The average Bonchev–Trinajstić information content (AvgIpc) is 3.19. The number of amides is 3. The van der Waals surface area contributed by atoms with Gasteiger partial charge in [-0.25, -0.2) is 4.79 Å². The first-order valence-corrected chi connectivity index (χ1v) is 11.8. The summed E-state index contributed by atoms with van der Waals surface area (Å²) < 4.78 is 38.6. The number of rotatable bonds is 2. The molecule has 2 saturated heterocycles. The number of carbonyl (C=O) groups excluding carboxylic acids is 2. The Bertz CT molecular complexity index is 1050. The number of nitrogens with one attached hydrogen (secondary N) is 1. The van der Waals surface area contributed by atoms with E-state index in [9.17, 15) is 22.8 Å². The first-order chi connectivity index (χ1) is 15.6. The van der Waals surface area contributed by atoms with E-state index in [4.69, 9.17) is 0 Å². The molecule has 0 atom stereocenters. The second-order valence-electron chi connectivity index (χ2n) is 8.49. The first-order valence-electron chi connectivity index (χ1n) is 10.9. The second kappa shape index (κ2) is 8.93. The molecule has 0 aliphatic carbocycles. The monoisotopic (exact) mass is 477 g/mol. The Labute approximate surface area is 195 Å². The summed E-state index contributed by atoms with van der Waals surface area (Å²) in [5.41, 5.74) is 2.39. The normalized spacial score (nSPS) is 18.0. The molecular formula is C24H26F3N3O2S. The molecule has 2 aromatic carbocycles. The number of thioether (sulfide) groups is 1. The number of carbonyl (C=O) groups is 2. The maximum absolute atomic E-state index is 13.1. The lowest BCUT2D eigenvalue weighted by Crippen LogP contribution is -2.54. The van der Waals surface area contributed by atoms with Crippen LogP contribution in [-0.2, 0) is 6.18 Å². The van der Waals surface area contributed by atoms with E-state index < -0.39 is 16.6 Å². The highest BCUT2D eigenvalue weighted by atomic mass is 32.2. The Morgan fingerprint density at radius 1 is 1.00 bits per heavy atom. The molecule has 0 saturated carbocycles. The summed E-state index contributed by atoms with van der Waals surface area (Å²) in [7, 11) is 0. The van der Waals surface area contributed by atoms with Crippen molar-refractivity contribution in [3.8, 4) is 0 Å². The van der Waals surface area contributed by atoms with E-state index in [-0.39, 0.29) is 17.5 Å². The summed E-state index contributed by atoms with van der Waals surface area (Å²) in [5, 5.41) is 2.98. The van der Waals surface area contributed by atoms with E-state index in [1.807, 2.05) is 32.0 Å². The Morgan fingerprint density at radius 3 is 2.30 bits per heavy atom. The van der Waals surface area contributed by atoms with Crippen LogP contribution in [-0.4, -0.2) is 52.0 Å². The van der Waals surface area contributed by atoms with Gasteiger partial charge in [0.1, 0.15) is 0 Å². The number of halogens is 3. The zero-order valence-electron chi connectivity index (χ0n) is 18.5. The third-order valence-corrected chi connectivity index (χ3v) is 8.11. The Balaban J connectivity index is 1.42.